The molecule has 0 aliphatic heterocycles. The Morgan fingerprint density at radius 2 is 1.96 bits per heavy atom. The molecular formula is C17H21N5O. The molecule has 0 aliphatic rings. The SMILES string of the molecule is Cc1nnc2ccc(NCc3ccccc3OCC(C)C)nn12. The third-order valence-corrected chi connectivity index (χ3v) is 3.42. The van der Waals surface area contributed by atoms with E-state index in [-0.39, 0.29) is 0 Å². The summed E-state index contributed by atoms with van der Waals surface area (Å²) in [4.78, 5) is 0. The maximum absolute atomic E-state index is 5.88. The number of aryl methyl sites for hydroxylation is 1. The van der Waals surface area contributed by atoms with Gasteiger partial charge >= 0.3 is 0 Å². The van der Waals surface area contributed by atoms with Gasteiger partial charge < -0.3 is 10.1 Å². The number of nitrogens with zero attached hydrogens (tertiary/aromatic N) is 4. The van der Waals surface area contributed by atoms with Crippen LogP contribution < -0.4 is 10.1 Å². The Morgan fingerprint density at radius 3 is 2.78 bits per heavy atom. The first-order chi connectivity index (χ1) is 11.1. The number of aromatic nitrogens is 4. The van der Waals surface area contributed by atoms with Crippen LogP contribution in [-0.2, 0) is 6.54 Å². The average molecular weight is 311 g/mol. The van der Waals surface area contributed by atoms with Crippen molar-refractivity contribution < 1.29 is 4.74 Å². The Hall–Kier alpha value is -2.63. The zero-order valence-electron chi connectivity index (χ0n) is 13.7. The quantitative estimate of drug-likeness (QED) is 0.758. The Kier molecular flexibility index (Phi) is 4.41. The lowest BCUT2D eigenvalue weighted by molar-refractivity contribution is 0.269. The molecule has 23 heavy (non-hydrogen) atoms. The van der Waals surface area contributed by atoms with Gasteiger partial charge in [-0.2, -0.15) is 4.52 Å². The van der Waals surface area contributed by atoms with Gasteiger partial charge in [0, 0.05) is 12.1 Å². The van der Waals surface area contributed by atoms with E-state index in [9.17, 15) is 0 Å². The van der Waals surface area contributed by atoms with Crippen LogP contribution in [0.3, 0.4) is 0 Å². The zero-order chi connectivity index (χ0) is 16.2. The van der Waals surface area contributed by atoms with E-state index in [2.05, 4.69) is 40.5 Å². The first-order valence-electron chi connectivity index (χ1n) is 7.77. The molecule has 6 heteroatoms. The molecule has 0 bridgehead atoms. The van der Waals surface area contributed by atoms with Crippen LogP contribution in [0.25, 0.3) is 5.65 Å². The van der Waals surface area contributed by atoms with Crippen LogP contribution in [-0.4, -0.2) is 26.4 Å². The normalized spacial score (nSPS) is 11.1. The summed E-state index contributed by atoms with van der Waals surface area (Å²) in [7, 11) is 0. The summed E-state index contributed by atoms with van der Waals surface area (Å²) in [6.45, 7) is 7.52. The van der Waals surface area contributed by atoms with Crippen molar-refractivity contribution in [3.8, 4) is 5.75 Å². The third-order valence-electron chi connectivity index (χ3n) is 3.42. The minimum absolute atomic E-state index is 0.497. The molecule has 1 N–H and O–H groups in total. The molecule has 0 radical (unpaired) electrons. The number of para-hydroxylation sites is 1. The topological polar surface area (TPSA) is 64.3 Å². The summed E-state index contributed by atoms with van der Waals surface area (Å²) in [5.41, 5.74) is 1.85. The van der Waals surface area contributed by atoms with Crippen LogP contribution in [0.2, 0.25) is 0 Å². The van der Waals surface area contributed by atoms with E-state index in [4.69, 9.17) is 4.74 Å². The number of hydrogen-bond donors (Lipinski definition) is 1. The molecule has 0 fully saturated rings. The van der Waals surface area contributed by atoms with Crippen LogP contribution in [0.15, 0.2) is 36.4 Å². The van der Waals surface area contributed by atoms with Crippen molar-refractivity contribution >= 4 is 11.5 Å². The molecular weight excluding hydrogens is 290 g/mol. The first-order valence-corrected chi connectivity index (χ1v) is 7.77. The highest BCUT2D eigenvalue weighted by atomic mass is 16.5. The fourth-order valence-electron chi connectivity index (χ4n) is 2.22. The van der Waals surface area contributed by atoms with Crippen LogP contribution in [0.4, 0.5) is 5.82 Å². The summed E-state index contributed by atoms with van der Waals surface area (Å²) >= 11 is 0. The highest BCUT2D eigenvalue weighted by molar-refractivity contribution is 5.45. The molecule has 0 aliphatic carbocycles. The molecule has 120 valence electrons. The lowest BCUT2D eigenvalue weighted by Crippen LogP contribution is -2.09. The number of hydrogen-bond acceptors (Lipinski definition) is 5. The summed E-state index contributed by atoms with van der Waals surface area (Å²) in [6.07, 6.45) is 0. The van der Waals surface area contributed by atoms with Gasteiger partial charge in [0.05, 0.1) is 6.61 Å². The minimum Gasteiger partial charge on any atom is -0.493 e. The Morgan fingerprint density at radius 1 is 1.13 bits per heavy atom. The monoisotopic (exact) mass is 311 g/mol. The van der Waals surface area contributed by atoms with Gasteiger partial charge in [-0.3, -0.25) is 0 Å². The number of ether oxygens (including phenoxy) is 1. The Bertz CT molecular complexity index is 797. The van der Waals surface area contributed by atoms with E-state index < -0.39 is 0 Å². The predicted molar refractivity (Wildman–Crippen MR) is 89.6 cm³/mol. The van der Waals surface area contributed by atoms with Crippen molar-refractivity contribution in [1.29, 1.82) is 0 Å². The van der Waals surface area contributed by atoms with Crippen LogP contribution in [0.5, 0.6) is 5.75 Å². The van der Waals surface area contributed by atoms with Gasteiger partial charge in [0.15, 0.2) is 11.5 Å². The molecule has 2 aromatic heterocycles. The van der Waals surface area contributed by atoms with E-state index in [1.165, 1.54) is 0 Å². The number of rotatable bonds is 6. The molecule has 0 atom stereocenters. The van der Waals surface area contributed by atoms with Crippen LogP contribution in [0.1, 0.15) is 25.2 Å². The molecule has 0 saturated carbocycles. The summed E-state index contributed by atoms with van der Waals surface area (Å²) in [6, 6.07) is 11.9. The lowest BCUT2D eigenvalue weighted by atomic mass is 10.2. The number of anilines is 1. The number of fused-ring (bicyclic) bond motifs is 1. The lowest BCUT2D eigenvalue weighted by Gasteiger charge is -2.13. The van der Waals surface area contributed by atoms with Crippen molar-refractivity contribution in [3.63, 3.8) is 0 Å². The molecule has 0 amide bonds. The Labute approximate surface area is 135 Å². The van der Waals surface area contributed by atoms with Gasteiger partial charge in [0.2, 0.25) is 0 Å². The molecule has 3 aromatic rings. The second-order valence-corrected chi connectivity index (χ2v) is 5.90. The fraction of sp³-hybridized carbons (Fsp3) is 0.353. The van der Waals surface area contributed by atoms with E-state index in [0.717, 1.165) is 28.6 Å². The Balaban J connectivity index is 1.73. The van der Waals surface area contributed by atoms with Gasteiger partial charge in [-0.05, 0) is 31.0 Å². The zero-order valence-corrected chi connectivity index (χ0v) is 13.7. The molecule has 0 spiro atoms. The predicted octanol–water partition coefficient (Wildman–Crippen LogP) is 3.08. The fourth-order valence-corrected chi connectivity index (χ4v) is 2.22. The van der Waals surface area contributed by atoms with E-state index in [0.29, 0.717) is 19.1 Å². The van der Waals surface area contributed by atoms with Gasteiger partial charge in [0.1, 0.15) is 11.6 Å². The van der Waals surface area contributed by atoms with Crippen molar-refractivity contribution in [2.45, 2.75) is 27.3 Å². The highest BCUT2D eigenvalue weighted by Gasteiger charge is 2.06. The summed E-state index contributed by atoms with van der Waals surface area (Å²) < 4.78 is 7.60. The number of nitrogens with one attached hydrogen (secondary N) is 1. The van der Waals surface area contributed by atoms with Crippen molar-refractivity contribution in [3.05, 3.63) is 47.8 Å². The largest absolute Gasteiger partial charge is 0.493 e. The summed E-state index contributed by atoms with van der Waals surface area (Å²) in [5, 5.41) is 15.9. The third kappa shape index (κ3) is 3.59. The molecule has 0 unspecified atom stereocenters. The molecule has 0 saturated heterocycles. The van der Waals surface area contributed by atoms with Crippen molar-refractivity contribution in [1.82, 2.24) is 19.8 Å². The maximum Gasteiger partial charge on any atom is 0.178 e. The minimum atomic E-state index is 0.497. The standard InChI is InChI=1S/C17H21N5O/c1-12(2)11-23-15-7-5-4-6-14(15)10-18-16-8-9-17-20-19-13(3)22(17)21-16/h4-9,12H,10-11H2,1-3H3,(H,18,21). The molecule has 6 nitrogen and oxygen atoms in total. The highest BCUT2D eigenvalue weighted by Crippen LogP contribution is 2.20. The first kappa shape index (κ1) is 15.3. The van der Waals surface area contributed by atoms with Gasteiger partial charge in [-0.15, -0.1) is 15.3 Å². The molecule has 3 rings (SSSR count). The maximum atomic E-state index is 5.88. The smallest absolute Gasteiger partial charge is 0.178 e. The summed E-state index contributed by atoms with van der Waals surface area (Å²) in [5.74, 6) is 2.95. The van der Waals surface area contributed by atoms with Crippen LogP contribution in [0, 0.1) is 12.8 Å². The average Bonchev–Trinajstić information content (AvgIpc) is 2.92. The molecule has 2 heterocycles. The van der Waals surface area contributed by atoms with Gasteiger partial charge in [-0.25, -0.2) is 0 Å². The molecule has 1 aromatic carbocycles. The van der Waals surface area contributed by atoms with E-state index in [1.807, 2.05) is 37.3 Å². The van der Waals surface area contributed by atoms with Gasteiger partial charge in [-0.1, -0.05) is 32.0 Å². The van der Waals surface area contributed by atoms with Crippen molar-refractivity contribution in [2.75, 3.05) is 11.9 Å². The van der Waals surface area contributed by atoms with E-state index >= 15 is 0 Å². The number of benzene rings is 1. The van der Waals surface area contributed by atoms with E-state index in [1.54, 1.807) is 4.52 Å². The van der Waals surface area contributed by atoms with Gasteiger partial charge in [0.25, 0.3) is 0 Å². The second kappa shape index (κ2) is 6.64. The second-order valence-electron chi connectivity index (χ2n) is 5.90. The van der Waals surface area contributed by atoms with Crippen LogP contribution >= 0.6 is 0 Å². The van der Waals surface area contributed by atoms with Crippen molar-refractivity contribution in [2.24, 2.45) is 5.92 Å².